The Morgan fingerprint density at radius 3 is 1.50 bits per heavy atom. The van der Waals surface area contributed by atoms with Gasteiger partial charge in [-0.1, -0.05) is 105 Å². The van der Waals surface area contributed by atoms with Crippen LogP contribution in [0, 0.1) is 5.41 Å². The number of unbranched alkanes of at least 4 members (excludes halogenated alkanes) is 14. The third-order valence-electron chi connectivity index (χ3n) is 7.57. The summed E-state index contributed by atoms with van der Waals surface area (Å²) in [6.45, 7) is 15.1. The molecule has 0 heterocycles. The van der Waals surface area contributed by atoms with Crippen LogP contribution in [0.25, 0.3) is 0 Å². The minimum absolute atomic E-state index is 0.0686. The van der Waals surface area contributed by atoms with Gasteiger partial charge in [0.15, 0.2) is 5.78 Å². The first-order valence-electron chi connectivity index (χ1n) is 17.0. The number of carbonyl (C=O) groups is 3. The fourth-order valence-electron chi connectivity index (χ4n) is 5.18. The zero-order valence-corrected chi connectivity index (χ0v) is 27.9. The molecule has 0 aliphatic rings. The molecule has 1 amide bonds. The molecule has 40 heavy (non-hydrogen) atoms. The minimum atomic E-state index is -0.370. The molecule has 0 rings (SSSR count). The normalized spacial score (nSPS) is 12.9. The zero-order valence-electron chi connectivity index (χ0n) is 27.9. The highest BCUT2D eigenvalue weighted by Gasteiger charge is 2.31. The van der Waals surface area contributed by atoms with Gasteiger partial charge in [-0.3, -0.25) is 14.4 Å². The molecular formula is C35H68N2O3. The van der Waals surface area contributed by atoms with Crippen molar-refractivity contribution in [3.05, 3.63) is 0 Å². The van der Waals surface area contributed by atoms with Crippen molar-refractivity contribution in [3.63, 3.8) is 0 Å². The summed E-state index contributed by atoms with van der Waals surface area (Å²) in [5.74, 6) is 0.667. The maximum absolute atomic E-state index is 12.8. The predicted molar refractivity (Wildman–Crippen MR) is 172 cm³/mol. The first kappa shape index (κ1) is 38.8. The Kier molecular flexibility index (Phi) is 22.6. The average Bonchev–Trinajstić information content (AvgIpc) is 2.86. The second kappa shape index (κ2) is 23.3. The van der Waals surface area contributed by atoms with Crippen molar-refractivity contribution < 1.29 is 14.4 Å². The topological polar surface area (TPSA) is 75.3 Å². The average molecular weight is 565 g/mol. The van der Waals surface area contributed by atoms with Crippen molar-refractivity contribution in [1.29, 1.82) is 0 Å². The largest absolute Gasteiger partial charge is 0.356 e. The van der Waals surface area contributed by atoms with E-state index in [-0.39, 0.29) is 28.7 Å². The van der Waals surface area contributed by atoms with Gasteiger partial charge in [-0.05, 0) is 59.3 Å². The van der Waals surface area contributed by atoms with E-state index in [0.717, 1.165) is 38.5 Å². The molecule has 1 unspecified atom stereocenters. The summed E-state index contributed by atoms with van der Waals surface area (Å²) in [6.07, 6.45) is 23.1. The van der Waals surface area contributed by atoms with E-state index in [9.17, 15) is 14.4 Å². The van der Waals surface area contributed by atoms with Gasteiger partial charge in [0.2, 0.25) is 5.91 Å². The van der Waals surface area contributed by atoms with Gasteiger partial charge in [-0.2, -0.15) is 0 Å². The summed E-state index contributed by atoms with van der Waals surface area (Å²) in [5.41, 5.74) is -0.488. The summed E-state index contributed by atoms with van der Waals surface area (Å²) in [6, 6.07) is -0.159. The SMILES string of the molecule is CCCCCCCCCCCCCCCC(=O)CCCCC(=O)NCCCCC(NC(C)(C)C)C(=O)C(C)(C)C. The second-order valence-electron chi connectivity index (χ2n) is 14.1. The lowest BCUT2D eigenvalue weighted by molar-refractivity contribution is -0.129. The van der Waals surface area contributed by atoms with Crippen LogP contribution >= 0.6 is 0 Å². The molecule has 0 radical (unpaired) electrons. The van der Waals surface area contributed by atoms with E-state index in [2.05, 4.69) is 38.3 Å². The predicted octanol–water partition coefficient (Wildman–Crippen LogP) is 9.26. The van der Waals surface area contributed by atoms with Gasteiger partial charge in [-0.15, -0.1) is 0 Å². The molecule has 236 valence electrons. The van der Waals surface area contributed by atoms with E-state index in [0.29, 0.717) is 31.6 Å². The molecule has 0 spiro atoms. The van der Waals surface area contributed by atoms with Crippen LogP contribution in [0.5, 0.6) is 0 Å². The van der Waals surface area contributed by atoms with Crippen molar-refractivity contribution in [2.24, 2.45) is 5.41 Å². The van der Waals surface area contributed by atoms with Crippen molar-refractivity contribution in [2.45, 2.75) is 195 Å². The summed E-state index contributed by atoms with van der Waals surface area (Å²) in [4.78, 5) is 37.1. The Morgan fingerprint density at radius 1 is 0.575 bits per heavy atom. The monoisotopic (exact) mass is 565 g/mol. The second-order valence-corrected chi connectivity index (χ2v) is 14.1. The summed E-state index contributed by atoms with van der Waals surface area (Å²) in [5, 5.41) is 6.48. The molecular weight excluding hydrogens is 496 g/mol. The fourth-order valence-corrected chi connectivity index (χ4v) is 5.18. The number of carbonyl (C=O) groups excluding carboxylic acids is 3. The Labute approximate surface area is 249 Å². The standard InChI is InChI=1S/C35H68N2O3/c1-8-9-10-11-12-13-14-15-16-17-18-19-20-25-30(38)26-21-22-28-32(39)36-29-24-23-27-31(37-35(5,6)7)33(40)34(2,3)4/h31,37H,8-29H2,1-7H3,(H,36,39). The van der Waals surface area contributed by atoms with Crippen LogP contribution < -0.4 is 10.6 Å². The number of hydrogen-bond donors (Lipinski definition) is 2. The molecule has 0 aliphatic carbocycles. The quantitative estimate of drug-likeness (QED) is 0.103. The van der Waals surface area contributed by atoms with Gasteiger partial charge in [0.1, 0.15) is 5.78 Å². The highest BCUT2D eigenvalue weighted by Crippen LogP contribution is 2.21. The van der Waals surface area contributed by atoms with Crippen LogP contribution in [0.15, 0.2) is 0 Å². The van der Waals surface area contributed by atoms with Gasteiger partial charge in [0.05, 0.1) is 6.04 Å². The lowest BCUT2D eigenvalue weighted by atomic mass is 9.84. The third kappa shape index (κ3) is 24.6. The molecule has 0 saturated carbocycles. The molecule has 0 aromatic rings. The van der Waals surface area contributed by atoms with Gasteiger partial charge < -0.3 is 10.6 Å². The summed E-state index contributed by atoms with van der Waals surface area (Å²) in [7, 11) is 0. The van der Waals surface area contributed by atoms with Gasteiger partial charge in [-0.25, -0.2) is 0 Å². The van der Waals surface area contributed by atoms with Crippen molar-refractivity contribution in [3.8, 4) is 0 Å². The first-order chi connectivity index (χ1) is 18.9. The molecule has 0 saturated heterocycles. The lowest BCUT2D eigenvalue weighted by Gasteiger charge is -2.31. The Bertz CT molecular complexity index is 661. The van der Waals surface area contributed by atoms with E-state index < -0.39 is 0 Å². The Morgan fingerprint density at radius 2 is 1.02 bits per heavy atom. The lowest BCUT2D eigenvalue weighted by Crippen LogP contribution is -2.50. The highest BCUT2D eigenvalue weighted by atomic mass is 16.1. The van der Waals surface area contributed by atoms with E-state index in [1.165, 1.54) is 77.0 Å². The minimum Gasteiger partial charge on any atom is -0.356 e. The molecule has 0 bridgehead atoms. The summed E-state index contributed by atoms with van der Waals surface area (Å²) < 4.78 is 0. The third-order valence-corrected chi connectivity index (χ3v) is 7.57. The Balaban J connectivity index is 3.71. The van der Waals surface area contributed by atoms with Crippen LogP contribution in [-0.2, 0) is 14.4 Å². The molecule has 5 heteroatoms. The number of amides is 1. The van der Waals surface area contributed by atoms with Crippen LogP contribution in [0.1, 0.15) is 183 Å². The van der Waals surface area contributed by atoms with E-state index in [1.54, 1.807) is 0 Å². The van der Waals surface area contributed by atoms with Crippen LogP contribution in [0.3, 0.4) is 0 Å². The van der Waals surface area contributed by atoms with Gasteiger partial charge in [0, 0.05) is 36.8 Å². The molecule has 5 nitrogen and oxygen atoms in total. The summed E-state index contributed by atoms with van der Waals surface area (Å²) >= 11 is 0. The molecule has 2 N–H and O–H groups in total. The first-order valence-corrected chi connectivity index (χ1v) is 17.0. The van der Waals surface area contributed by atoms with Gasteiger partial charge in [0.25, 0.3) is 0 Å². The number of rotatable bonds is 26. The van der Waals surface area contributed by atoms with E-state index in [4.69, 9.17) is 0 Å². The maximum Gasteiger partial charge on any atom is 0.219 e. The maximum atomic E-state index is 12.8. The van der Waals surface area contributed by atoms with E-state index in [1.807, 2.05) is 20.8 Å². The van der Waals surface area contributed by atoms with Crippen LogP contribution in [-0.4, -0.2) is 35.6 Å². The highest BCUT2D eigenvalue weighted by molar-refractivity contribution is 5.88. The van der Waals surface area contributed by atoms with E-state index >= 15 is 0 Å². The molecule has 0 aromatic heterocycles. The molecule has 0 fully saturated rings. The molecule has 0 aliphatic heterocycles. The number of ketones is 2. The zero-order chi connectivity index (χ0) is 30.3. The fraction of sp³-hybridized carbons (Fsp3) is 0.914. The molecule has 0 aromatic carbocycles. The van der Waals surface area contributed by atoms with Crippen molar-refractivity contribution in [2.75, 3.05) is 6.54 Å². The Hall–Kier alpha value is -1.23. The van der Waals surface area contributed by atoms with Crippen molar-refractivity contribution >= 4 is 17.5 Å². The van der Waals surface area contributed by atoms with Crippen LogP contribution in [0.4, 0.5) is 0 Å². The smallest absolute Gasteiger partial charge is 0.219 e. The number of nitrogens with one attached hydrogen (secondary N) is 2. The molecule has 1 atom stereocenters. The number of hydrogen-bond acceptors (Lipinski definition) is 4. The number of Topliss-reactive ketones (excluding diaryl/α,β-unsaturated/α-hetero) is 2. The van der Waals surface area contributed by atoms with Gasteiger partial charge >= 0.3 is 0 Å². The van der Waals surface area contributed by atoms with Crippen molar-refractivity contribution in [1.82, 2.24) is 10.6 Å². The van der Waals surface area contributed by atoms with Crippen LogP contribution in [0.2, 0.25) is 0 Å².